The van der Waals surface area contributed by atoms with Gasteiger partial charge >= 0.3 is 0 Å². The molecule has 0 saturated heterocycles. The first-order valence-corrected chi connectivity index (χ1v) is 9.04. The largest absolute Gasteiger partial charge is 0.430 e. The summed E-state index contributed by atoms with van der Waals surface area (Å²) in [5.41, 5.74) is 2.20. The summed E-state index contributed by atoms with van der Waals surface area (Å²) in [7, 11) is 0. The molecule has 6 heteroatoms. The van der Waals surface area contributed by atoms with Crippen LogP contribution in [0.15, 0.2) is 35.3 Å². The van der Waals surface area contributed by atoms with Crippen LogP contribution in [0.4, 0.5) is 0 Å². The maximum atomic E-state index is 11.8. The van der Waals surface area contributed by atoms with Crippen LogP contribution in [-0.2, 0) is 10.8 Å². The van der Waals surface area contributed by atoms with Crippen LogP contribution < -0.4 is 10.3 Å². The van der Waals surface area contributed by atoms with E-state index < -0.39 is 0 Å². The van der Waals surface area contributed by atoms with E-state index >= 15 is 0 Å². The molecule has 0 aliphatic rings. The van der Waals surface area contributed by atoms with Gasteiger partial charge in [-0.25, -0.2) is 4.98 Å². The molecule has 3 aromatic rings. The zero-order valence-electron chi connectivity index (χ0n) is 15.5. The summed E-state index contributed by atoms with van der Waals surface area (Å²) >= 11 is 1.25. The van der Waals surface area contributed by atoms with Gasteiger partial charge < -0.3 is 4.74 Å². The Bertz CT molecular complexity index is 942. The third kappa shape index (κ3) is 3.74. The van der Waals surface area contributed by atoms with Crippen molar-refractivity contribution in [1.82, 2.24) is 14.6 Å². The average Bonchev–Trinajstić information content (AvgIpc) is 2.89. The lowest BCUT2D eigenvalue weighted by Crippen LogP contribution is -2.16. The molecule has 132 valence electrons. The van der Waals surface area contributed by atoms with Crippen molar-refractivity contribution < 1.29 is 4.74 Å². The molecule has 0 amide bonds. The second kappa shape index (κ2) is 5.95. The van der Waals surface area contributed by atoms with Gasteiger partial charge in [-0.3, -0.25) is 4.79 Å². The molecule has 5 nitrogen and oxygen atoms in total. The minimum Gasteiger partial charge on any atom is -0.430 e. The SMILES string of the molecule is CC(C)(C)c1cc(Oc2nn3c(=O)ccnc3s2)cc(C(C)(C)C)c1. The smallest absolute Gasteiger partial charge is 0.299 e. The van der Waals surface area contributed by atoms with Crippen LogP contribution >= 0.6 is 11.3 Å². The molecule has 0 aliphatic carbocycles. The Morgan fingerprint density at radius 1 is 1.00 bits per heavy atom. The number of hydrogen-bond acceptors (Lipinski definition) is 5. The molecule has 0 fully saturated rings. The van der Waals surface area contributed by atoms with Crippen molar-refractivity contribution in [2.24, 2.45) is 0 Å². The first-order valence-electron chi connectivity index (χ1n) is 8.23. The van der Waals surface area contributed by atoms with Crippen molar-refractivity contribution in [2.75, 3.05) is 0 Å². The second-order valence-corrected chi connectivity index (χ2v) is 9.11. The van der Waals surface area contributed by atoms with Gasteiger partial charge in [0.2, 0.25) is 4.96 Å². The van der Waals surface area contributed by atoms with Gasteiger partial charge in [0.15, 0.2) is 0 Å². The third-order valence-corrected chi connectivity index (χ3v) is 4.80. The van der Waals surface area contributed by atoms with Gasteiger partial charge in [0.1, 0.15) is 5.75 Å². The predicted octanol–water partition coefficient (Wildman–Crippen LogP) is 4.54. The average molecular weight is 357 g/mol. The molecule has 0 atom stereocenters. The van der Waals surface area contributed by atoms with E-state index in [1.54, 1.807) is 0 Å². The van der Waals surface area contributed by atoms with Crippen LogP contribution in [0, 0.1) is 0 Å². The Morgan fingerprint density at radius 3 is 2.12 bits per heavy atom. The number of rotatable bonds is 2. The predicted molar refractivity (Wildman–Crippen MR) is 101 cm³/mol. The molecule has 3 rings (SSSR count). The quantitative estimate of drug-likeness (QED) is 0.676. The molecule has 0 radical (unpaired) electrons. The van der Waals surface area contributed by atoms with Crippen molar-refractivity contribution in [1.29, 1.82) is 0 Å². The van der Waals surface area contributed by atoms with E-state index in [0.29, 0.717) is 10.2 Å². The molecule has 2 aromatic heterocycles. The van der Waals surface area contributed by atoms with Crippen LogP contribution in [0.5, 0.6) is 10.9 Å². The molecule has 2 heterocycles. The first-order chi connectivity index (χ1) is 11.5. The number of aromatic nitrogens is 3. The van der Waals surface area contributed by atoms with Gasteiger partial charge in [-0.15, -0.1) is 5.10 Å². The van der Waals surface area contributed by atoms with Crippen molar-refractivity contribution in [2.45, 2.75) is 52.4 Å². The molecule has 0 N–H and O–H groups in total. The zero-order chi connectivity index (χ0) is 18.4. The van der Waals surface area contributed by atoms with Crippen LogP contribution in [0.2, 0.25) is 0 Å². The fourth-order valence-electron chi connectivity index (χ4n) is 2.39. The van der Waals surface area contributed by atoms with Gasteiger partial charge in [-0.05, 0) is 45.4 Å². The highest BCUT2D eigenvalue weighted by molar-refractivity contribution is 7.18. The molecule has 0 bridgehead atoms. The van der Waals surface area contributed by atoms with E-state index in [1.807, 2.05) is 12.1 Å². The summed E-state index contributed by atoms with van der Waals surface area (Å²) in [6, 6.07) is 7.70. The number of hydrogen-bond donors (Lipinski definition) is 0. The van der Waals surface area contributed by atoms with Gasteiger partial charge in [-0.2, -0.15) is 4.52 Å². The van der Waals surface area contributed by atoms with Gasteiger partial charge in [0.05, 0.1) is 0 Å². The maximum Gasteiger partial charge on any atom is 0.299 e. The van der Waals surface area contributed by atoms with E-state index in [1.165, 1.54) is 39.2 Å². The normalized spacial score (nSPS) is 12.6. The molecule has 0 saturated carbocycles. The number of fused-ring (bicyclic) bond motifs is 1. The highest BCUT2D eigenvalue weighted by Crippen LogP contribution is 2.35. The van der Waals surface area contributed by atoms with E-state index in [0.717, 1.165) is 5.75 Å². The van der Waals surface area contributed by atoms with Gasteiger partial charge in [0.25, 0.3) is 10.8 Å². The van der Waals surface area contributed by atoms with Crippen molar-refractivity contribution in [3.05, 3.63) is 51.9 Å². The lowest BCUT2D eigenvalue weighted by Gasteiger charge is -2.25. The fraction of sp³-hybridized carbons (Fsp3) is 0.421. The Kier molecular flexibility index (Phi) is 4.19. The Balaban J connectivity index is 2.06. The zero-order valence-corrected chi connectivity index (χ0v) is 16.3. The lowest BCUT2D eigenvalue weighted by atomic mass is 9.80. The number of nitrogens with zero attached hydrogens (tertiary/aromatic N) is 3. The molecule has 1 aromatic carbocycles. The highest BCUT2D eigenvalue weighted by atomic mass is 32.1. The van der Waals surface area contributed by atoms with Crippen LogP contribution in [-0.4, -0.2) is 14.6 Å². The van der Waals surface area contributed by atoms with Gasteiger partial charge in [-0.1, -0.05) is 47.6 Å². The topological polar surface area (TPSA) is 56.5 Å². The molecule has 0 unspecified atom stereocenters. The van der Waals surface area contributed by atoms with E-state index in [9.17, 15) is 4.79 Å². The Labute approximate surface area is 151 Å². The van der Waals surface area contributed by atoms with Crippen molar-refractivity contribution in [3.63, 3.8) is 0 Å². The second-order valence-electron chi connectivity index (χ2n) is 8.19. The van der Waals surface area contributed by atoms with Crippen molar-refractivity contribution in [3.8, 4) is 10.9 Å². The van der Waals surface area contributed by atoms with E-state index in [2.05, 4.69) is 57.7 Å². The van der Waals surface area contributed by atoms with Crippen LogP contribution in [0.1, 0.15) is 52.7 Å². The van der Waals surface area contributed by atoms with E-state index in [-0.39, 0.29) is 16.4 Å². The summed E-state index contributed by atoms with van der Waals surface area (Å²) in [6.45, 7) is 13.1. The minimum absolute atomic E-state index is 0.00541. The minimum atomic E-state index is -0.213. The molecular formula is C19H23N3O2S. The summed E-state index contributed by atoms with van der Waals surface area (Å²) < 4.78 is 7.26. The van der Waals surface area contributed by atoms with Crippen LogP contribution in [0.25, 0.3) is 4.96 Å². The van der Waals surface area contributed by atoms with E-state index in [4.69, 9.17) is 4.74 Å². The van der Waals surface area contributed by atoms with Crippen LogP contribution in [0.3, 0.4) is 0 Å². The molecule has 0 spiro atoms. The number of benzene rings is 1. The van der Waals surface area contributed by atoms with Crippen molar-refractivity contribution >= 4 is 16.3 Å². The number of ether oxygens (including phenoxy) is 1. The summed E-state index contributed by atoms with van der Waals surface area (Å²) in [5.74, 6) is 0.726. The lowest BCUT2D eigenvalue weighted by molar-refractivity contribution is 0.462. The fourth-order valence-corrected chi connectivity index (χ4v) is 3.14. The molecule has 25 heavy (non-hydrogen) atoms. The molecule has 0 aliphatic heterocycles. The monoisotopic (exact) mass is 357 g/mol. The maximum absolute atomic E-state index is 11.8. The third-order valence-electron chi connectivity index (χ3n) is 4.00. The first kappa shape index (κ1) is 17.6. The highest BCUT2D eigenvalue weighted by Gasteiger charge is 2.21. The Morgan fingerprint density at radius 2 is 1.60 bits per heavy atom. The summed E-state index contributed by atoms with van der Waals surface area (Å²) in [4.78, 5) is 16.5. The summed E-state index contributed by atoms with van der Waals surface area (Å²) in [5, 5.41) is 4.63. The Hall–Kier alpha value is -2.21. The molecular weight excluding hydrogens is 334 g/mol. The van der Waals surface area contributed by atoms with Gasteiger partial charge in [0, 0.05) is 12.3 Å². The summed E-state index contributed by atoms with van der Waals surface area (Å²) in [6.07, 6.45) is 1.48. The standard InChI is InChI=1S/C19H23N3O2S/c1-18(2,3)12-9-13(19(4,5)6)11-14(10-12)24-17-21-22-15(23)7-8-20-16(22)25-17/h7-11H,1-6H3.